The lowest BCUT2D eigenvalue weighted by Crippen LogP contribution is -2.45. The van der Waals surface area contributed by atoms with Gasteiger partial charge in [0.1, 0.15) is 6.10 Å². The fourth-order valence-corrected chi connectivity index (χ4v) is 4.18. The first-order valence-electron chi connectivity index (χ1n) is 10.7. The highest BCUT2D eigenvalue weighted by atomic mass is 16.6. The second kappa shape index (κ2) is 11.3. The smallest absolute Gasteiger partial charge is 0.407 e. The number of amides is 2. The van der Waals surface area contributed by atoms with E-state index in [-0.39, 0.29) is 36.7 Å². The lowest BCUT2D eigenvalue weighted by molar-refractivity contribution is -0.121. The molecule has 1 saturated carbocycles. The van der Waals surface area contributed by atoms with Gasteiger partial charge in [-0.3, -0.25) is 10.2 Å². The number of carbonyl (C=O) groups excluding carboxylic acids is 2. The molecule has 2 fully saturated rings. The number of hydrazine groups is 1. The van der Waals surface area contributed by atoms with Crippen LogP contribution >= 0.6 is 0 Å². The van der Waals surface area contributed by atoms with Gasteiger partial charge in [0.2, 0.25) is 11.8 Å². The quantitative estimate of drug-likeness (QED) is 0.451. The van der Waals surface area contributed by atoms with Crippen LogP contribution in [0.2, 0.25) is 0 Å². The number of hydrogen-bond acceptors (Lipinski definition) is 8. The second-order valence-electron chi connectivity index (χ2n) is 8.24. The summed E-state index contributed by atoms with van der Waals surface area (Å²) in [6.07, 6.45) is 4.69. The molecule has 1 aliphatic heterocycles. The molecule has 2 unspecified atom stereocenters. The van der Waals surface area contributed by atoms with Crippen LogP contribution in [0.1, 0.15) is 38.2 Å². The minimum absolute atomic E-state index is 0.0681. The van der Waals surface area contributed by atoms with Crippen LogP contribution in [0, 0.1) is 5.92 Å². The molecule has 1 aromatic rings. The Bertz CT molecular complexity index is 731. The fourth-order valence-electron chi connectivity index (χ4n) is 4.18. The maximum atomic E-state index is 12.3. The third-order valence-corrected chi connectivity index (χ3v) is 5.69. The van der Waals surface area contributed by atoms with E-state index in [2.05, 4.69) is 26.5 Å². The number of rotatable bonds is 9. The molecule has 2 amide bonds. The van der Waals surface area contributed by atoms with Crippen LogP contribution in [0.25, 0.3) is 0 Å². The largest absolute Gasteiger partial charge is 0.481 e. The van der Waals surface area contributed by atoms with Crippen molar-refractivity contribution in [1.29, 1.82) is 0 Å². The zero-order chi connectivity index (χ0) is 22.2. The molecule has 10 heteroatoms. The first-order valence-corrected chi connectivity index (χ1v) is 10.7. The van der Waals surface area contributed by atoms with Crippen LogP contribution in [0.4, 0.5) is 4.79 Å². The Hall–Kier alpha value is -2.43. The summed E-state index contributed by atoms with van der Waals surface area (Å²) in [7, 11) is 3.15. The summed E-state index contributed by atoms with van der Waals surface area (Å²) < 4.78 is 15.6. The van der Waals surface area contributed by atoms with Crippen molar-refractivity contribution in [1.82, 2.24) is 26.5 Å². The van der Waals surface area contributed by atoms with Gasteiger partial charge in [-0.25, -0.2) is 15.2 Å². The Morgan fingerprint density at radius 1 is 1.23 bits per heavy atom. The molecule has 31 heavy (non-hydrogen) atoms. The third kappa shape index (κ3) is 7.05. The van der Waals surface area contributed by atoms with Crippen LogP contribution < -0.4 is 26.2 Å². The fraction of sp³-hybridized carbons (Fsp3) is 0.667. The van der Waals surface area contributed by atoms with Crippen LogP contribution in [-0.2, 0) is 20.7 Å². The minimum Gasteiger partial charge on any atom is -0.481 e. The van der Waals surface area contributed by atoms with Crippen molar-refractivity contribution in [2.24, 2.45) is 5.92 Å². The molecule has 0 bridgehead atoms. The molecule has 2 aliphatic rings. The molecule has 10 nitrogen and oxygen atoms in total. The molecule has 172 valence electrons. The van der Waals surface area contributed by atoms with E-state index in [9.17, 15) is 9.59 Å². The number of alkyl carbamates (subject to hydrolysis) is 1. The van der Waals surface area contributed by atoms with Gasteiger partial charge in [0, 0.05) is 25.4 Å². The standard InChI is InChI=1S/C21H33N5O5/c1-13(12-29-2)23-21(28)31-16-6-5-15(9-16)17-10-18(26-25-17)24-19(27)8-14-4-7-20(30-3)22-11-14/h4,7,11,13,15-18,25-26H,5-6,8-10,12H2,1-3H3,(H,23,28)(H,24,27)/t13-,15-,16+,17?,18?/m0/s1. The minimum atomic E-state index is -0.397. The zero-order valence-electron chi connectivity index (χ0n) is 18.3. The van der Waals surface area contributed by atoms with E-state index in [1.54, 1.807) is 26.5 Å². The highest BCUT2D eigenvalue weighted by molar-refractivity contribution is 5.78. The monoisotopic (exact) mass is 435 g/mol. The van der Waals surface area contributed by atoms with Crippen molar-refractivity contribution >= 4 is 12.0 Å². The van der Waals surface area contributed by atoms with E-state index < -0.39 is 6.09 Å². The van der Waals surface area contributed by atoms with Gasteiger partial charge in [-0.2, -0.15) is 0 Å². The summed E-state index contributed by atoms with van der Waals surface area (Å²) >= 11 is 0. The number of aromatic nitrogens is 1. The van der Waals surface area contributed by atoms with Crippen LogP contribution in [0.3, 0.4) is 0 Å². The van der Waals surface area contributed by atoms with Gasteiger partial charge >= 0.3 is 6.09 Å². The summed E-state index contributed by atoms with van der Waals surface area (Å²) in [5.41, 5.74) is 7.28. The summed E-state index contributed by atoms with van der Waals surface area (Å²) in [5, 5.41) is 5.78. The average Bonchev–Trinajstić information content (AvgIpc) is 3.38. The molecule has 1 saturated heterocycles. The summed E-state index contributed by atoms with van der Waals surface area (Å²) in [5.74, 6) is 0.838. The number of ether oxygens (including phenoxy) is 3. The Kier molecular flexibility index (Phi) is 8.44. The number of hydrogen-bond donors (Lipinski definition) is 4. The molecule has 3 rings (SSSR count). The van der Waals surface area contributed by atoms with E-state index in [1.165, 1.54) is 0 Å². The first-order chi connectivity index (χ1) is 15.0. The molecular weight excluding hydrogens is 402 g/mol. The predicted octanol–water partition coefficient (Wildman–Crippen LogP) is 0.871. The maximum absolute atomic E-state index is 12.3. The van der Waals surface area contributed by atoms with Gasteiger partial charge in [0.05, 0.1) is 32.3 Å². The molecule has 1 aliphatic carbocycles. The van der Waals surface area contributed by atoms with E-state index in [4.69, 9.17) is 14.2 Å². The Balaban J connectivity index is 1.37. The third-order valence-electron chi connectivity index (χ3n) is 5.69. The van der Waals surface area contributed by atoms with Gasteiger partial charge < -0.3 is 24.8 Å². The van der Waals surface area contributed by atoms with E-state index in [0.29, 0.717) is 18.4 Å². The molecule has 1 aromatic heterocycles. The van der Waals surface area contributed by atoms with Crippen molar-refractivity contribution in [3.63, 3.8) is 0 Å². The summed E-state index contributed by atoms with van der Waals surface area (Å²) in [6, 6.07) is 3.70. The van der Waals surface area contributed by atoms with Crippen molar-refractivity contribution < 1.29 is 23.8 Å². The Morgan fingerprint density at radius 2 is 2.06 bits per heavy atom. The van der Waals surface area contributed by atoms with Crippen molar-refractivity contribution in [2.75, 3.05) is 20.8 Å². The molecule has 0 radical (unpaired) electrons. The topological polar surface area (TPSA) is 123 Å². The van der Waals surface area contributed by atoms with E-state index >= 15 is 0 Å². The van der Waals surface area contributed by atoms with Gasteiger partial charge in [0.15, 0.2) is 0 Å². The first kappa shape index (κ1) is 23.2. The highest BCUT2D eigenvalue weighted by Crippen LogP contribution is 2.32. The van der Waals surface area contributed by atoms with Crippen LogP contribution in [0.15, 0.2) is 18.3 Å². The SMILES string of the molecule is COC[C@H](C)NC(=O)O[C@@H]1CC[C@H](C2CC(NC(=O)Cc3ccc(OC)nc3)NN2)C1. The van der Waals surface area contributed by atoms with Gasteiger partial charge in [-0.1, -0.05) is 6.07 Å². The molecule has 5 atom stereocenters. The van der Waals surface area contributed by atoms with E-state index in [0.717, 1.165) is 31.2 Å². The average molecular weight is 436 g/mol. The zero-order valence-corrected chi connectivity index (χ0v) is 18.3. The van der Waals surface area contributed by atoms with Crippen molar-refractivity contribution in [2.45, 2.75) is 63.4 Å². The maximum Gasteiger partial charge on any atom is 0.407 e. The number of methoxy groups -OCH3 is 2. The normalized spacial score (nSPS) is 26.3. The summed E-state index contributed by atoms with van der Waals surface area (Å²) in [6.45, 7) is 2.32. The van der Waals surface area contributed by atoms with Crippen molar-refractivity contribution in [3.05, 3.63) is 23.9 Å². The Labute approximate surface area is 182 Å². The number of pyridine rings is 1. The van der Waals surface area contributed by atoms with Crippen molar-refractivity contribution in [3.8, 4) is 5.88 Å². The lowest BCUT2D eigenvalue weighted by atomic mass is 9.96. The van der Waals surface area contributed by atoms with Crippen LogP contribution in [0.5, 0.6) is 5.88 Å². The van der Waals surface area contributed by atoms with Gasteiger partial charge in [-0.05, 0) is 44.1 Å². The highest BCUT2D eigenvalue weighted by Gasteiger charge is 2.37. The van der Waals surface area contributed by atoms with E-state index in [1.807, 2.05) is 13.0 Å². The molecule has 0 spiro atoms. The molecule has 0 aromatic carbocycles. The number of nitrogens with one attached hydrogen (secondary N) is 4. The predicted molar refractivity (Wildman–Crippen MR) is 113 cm³/mol. The molecule has 2 heterocycles. The molecule has 4 N–H and O–H groups in total. The second-order valence-corrected chi connectivity index (χ2v) is 8.24. The molecular formula is C21H33N5O5. The van der Waals surface area contributed by atoms with Gasteiger partial charge in [0.25, 0.3) is 0 Å². The Morgan fingerprint density at radius 3 is 2.77 bits per heavy atom. The number of nitrogens with zero attached hydrogens (tertiary/aromatic N) is 1. The number of carbonyl (C=O) groups is 2. The van der Waals surface area contributed by atoms with Crippen LogP contribution in [-0.4, -0.2) is 62.2 Å². The lowest BCUT2D eigenvalue weighted by Gasteiger charge is -2.19. The van der Waals surface area contributed by atoms with Gasteiger partial charge in [-0.15, -0.1) is 0 Å². The summed E-state index contributed by atoms with van der Waals surface area (Å²) in [4.78, 5) is 28.5.